The Morgan fingerprint density at radius 1 is 1.41 bits per heavy atom. The van der Waals surface area contributed by atoms with Crippen molar-refractivity contribution in [1.82, 2.24) is 19.8 Å². The summed E-state index contributed by atoms with van der Waals surface area (Å²) in [4.78, 5) is 34.6. The molecule has 0 spiro atoms. The zero-order valence-electron chi connectivity index (χ0n) is 16.8. The molecule has 6 nitrogen and oxygen atoms in total. The molecule has 0 radical (unpaired) electrons. The van der Waals surface area contributed by atoms with E-state index in [2.05, 4.69) is 19.2 Å². The molecule has 0 aromatic carbocycles. The third-order valence-electron chi connectivity index (χ3n) is 5.11. The van der Waals surface area contributed by atoms with Gasteiger partial charge in [0.25, 0.3) is 5.56 Å². The SMILES string of the molecule is CCCCNC(=O)Cn1c(CN(C)C)nc2sc3c(c2c1=O)CCC(C)C3. The molecule has 0 bridgehead atoms. The average molecular weight is 391 g/mol. The van der Waals surface area contributed by atoms with E-state index in [9.17, 15) is 9.59 Å². The van der Waals surface area contributed by atoms with Crippen molar-refractivity contribution >= 4 is 27.5 Å². The topological polar surface area (TPSA) is 67.2 Å². The summed E-state index contributed by atoms with van der Waals surface area (Å²) in [5, 5.41) is 3.65. The van der Waals surface area contributed by atoms with Crippen molar-refractivity contribution < 1.29 is 4.79 Å². The summed E-state index contributed by atoms with van der Waals surface area (Å²) in [5.41, 5.74) is 1.11. The minimum absolute atomic E-state index is 0.0374. The van der Waals surface area contributed by atoms with Crippen molar-refractivity contribution in [3.63, 3.8) is 0 Å². The lowest BCUT2D eigenvalue weighted by molar-refractivity contribution is -0.121. The van der Waals surface area contributed by atoms with E-state index < -0.39 is 0 Å². The van der Waals surface area contributed by atoms with E-state index in [1.807, 2.05) is 19.0 Å². The maximum absolute atomic E-state index is 13.3. The van der Waals surface area contributed by atoms with Crippen LogP contribution >= 0.6 is 11.3 Å². The Bertz CT molecular complexity index is 884. The Kier molecular flexibility index (Phi) is 6.32. The van der Waals surface area contributed by atoms with Crippen molar-refractivity contribution in [2.24, 2.45) is 5.92 Å². The number of rotatable bonds is 7. The number of hydrogen-bond acceptors (Lipinski definition) is 5. The molecule has 2 aromatic rings. The van der Waals surface area contributed by atoms with Crippen molar-refractivity contribution in [3.8, 4) is 0 Å². The van der Waals surface area contributed by atoms with Gasteiger partial charge >= 0.3 is 0 Å². The number of carbonyl (C=O) groups is 1. The van der Waals surface area contributed by atoms with Crippen LogP contribution in [0.2, 0.25) is 0 Å². The van der Waals surface area contributed by atoms with Crippen LogP contribution in [0.4, 0.5) is 0 Å². The largest absolute Gasteiger partial charge is 0.355 e. The van der Waals surface area contributed by atoms with E-state index in [4.69, 9.17) is 4.98 Å². The first-order chi connectivity index (χ1) is 12.9. The highest BCUT2D eigenvalue weighted by atomic mass is 32.1. The summed E-state index contributed by atoms with van der Waals surface area (Å²) in [6.45, 7) is 5.57. The molecule has 0 saturated carbocycles. The van der Waals surface area contributed by atoms with Gasteiger partial charge < -0.3 is 10.2 Å². The fraction of sp³-hybridized carbons (Fsp3) is 0.650. The number of unbranched alkanes of at least 4 members (excludes halogenated alkanes) is 1. The molecule has 148 valence electrons. The Hall–Kier alpha value is -1.73. The van der Waals surface area contributed by atoms with Gasteiger partial charge in [0.15, 0.2) is 0 Å². The first-order valence-electron chi connectivity index (χ1n) is 9.86. The van der Waals surface area contributed by atoms with Crippen molar-refractivity contribution in [1.29, 1.82) is 0 Å². The van der Waals surface area contributed by atoms with Gasteiger partial charge in [-0.05, 0) is 51.3 Å². The van der Waals surface area contributed by atoms with Crippen molar-refractivity contribution in [3.05, 3.63) is 26.6 Å². The van der Waals surface area contributed by atoms with Gasteiger partial charge in [-0.1, -0.05) is 20.3 Å². The van der Waals surface area contributed by atoms with Gasteiger partial charge in [0.2, 0.25) is 5.91 Å². The first-order valence-corrected chi connectivity index (χ1v) is 10.7. The van der Waals surface area contributed by atoms with Crippen LogP contribution in [-0.4, -0.2) is 41.0 Å². The van der Waals surface area contributed by atoms with Crippen LogP contribution in [0.5, 0.6) is 0 Å². The highest BCUT2D eigenvalue weighted by Crippen LogP contribution is 2.35. The van der Waals surface area contributed by atoms with Crippen LogP contribution in [0, 0.1) is 5.92 Å². The van der Waals surface area contributed by atoms with Crippen LogP contribution in [-0.2, 0) is 30.7 Å². The number of aromatic nitrogens is 2. The molecular weight excluding hydrogens is 360 g/mol. The summed E-state index contributed by atoms with van der Waals surface area (Å²) in [5.74, 6) is 1.19. The van der Waals surface area contributed by atoms with Crippen molar-refractivity contribution in [2.75, 3.05) is 20.6 Å². The van der Waals surface area contributed by atoms with E-state index in [0.717, 1.165) is 42.3 Å². The Balaban J connectivity index is 2.02. The highest BCUT2D eigenvalue weighted by molar-refractivity contribution is 7.18. The number of carbonyl (C=O) groups excluding carboxylic acids is 1. The third kappa shape index (κ3) is 4.41. The average Bonchev–Trinajstić information content (AvgIpc) is 2.95. The van der Waals surface area contributed by atoms with E-state index in [0.29, 0.717) is 24.8 Å². The predicted molar refractivity (Wildman–Crippen MR) is 110 cm³/mol. The molecular formula is C20H30N4O2S. The van der Waals surface area contributed by atoms with Crippen LogP contribution in [0.3, 0.4) is 0 Å². The lowest BCUT2D eigenvalue weighted by Gasteiger charge is -2.18. The number of thiophene rings is 1. The molecule has 0 fully saturated rings. The molecule has 1 aliphatic rings. The lowest BCUT2D eigenvalue weighted by atomic mass is 9.89. The van der Waals surface area contributed by atoms with Crippen LogP contribution in [0.25, 0.3) is 10.2 Å². The molecule has 1 unspecified atom stereocenters. The van der Waals surface area contributed by atoms with E-state index in [1.54, 1.807) is 15.9 Å². The number of amides is 1. The summed E-state index contributed by atoms with van der Waals surface area (Å²) in [7, 11) is 3.90. The third-order valence-corrected chi connectivity index (χ3v) is 6.25. The normalized spacial score (nSPS) is 16.7. The Labute approximate surface area is 164 Å². The molecule has 1 amide bonds. The van der Waals surface area contributed by atoms with Gasteiger partial charge in [0.05, 0.1) is 11.9 Å². The second kappa shape index (κ2) is 8.52. The molecule has 2 heterocycles. The molecule has 2 aromatic heterocycles. The maximum Gasteiger partial charge on any atom is 0.263 e. The summed E-state index contributed by atoms with van der Waals surface area (Å²) < 4.78 is 1.58. The van der Waals surface area contributed by atoms with Crippen LogP contribution < -0.4 is 10.9 Å². The zero-order chi connectivity index (χ0) is 19.6. The van der Waals surface area contributed by atoms with Crippen molar-refractivity contribution in [2.45, 2.75) is 59.0 Å². The molecule has 1 atom stereocenters. The monoisotopic (exact) mass is 390 g/mol. The van der Waals surface area contributed by atoms with E-state index in [-0.39, 0.29) is 18.0 Å². The number of aryl methyl sites for hydroxylation is 1. The van der Waals surface area contributed by atoms with Gasteiger partial charge in [-0.3, -0.25) is 14.2 Å². The molecule has 0 saturated heterocycles. The zero-order valence-corrected chi connectivity index (χ0v) is 17.6. The Morgan fingerprint density at radius 2 is 2.19 bits per heavy atom. The predicted octanol–water partition coefficient (Wildman–Crippen LogP) is 2.56. The first kappa shape index (κ1) is 20.0. The van der Waals surface area contributed by atoms with E-state index >= 15 is 0 Å². The number of fused-ring (bicyclic) bond motifs is 3. The fourth-order valence-corrected chi connectivity index (χ4v) is 5.03. The second-order valence-corrected chi connectivity index (χ2v) is 8.98. The standard InChI is InChI=1S/C20H30N4O2S/c1-5-6-9-21-17(25)12-24-16(11-23(3)4)22-19-18(20(24)26)14-8-7-13(2)10-15(14)27-19/h13H,5-12H2,1-4H3,(H,21,25). The summed E-state index contributed by atoms with van der Waals surface area (Å²) >= 11 is 1.66. The summed E-state index contributed by atoms with van der Waals surface area (Å²) in [6, 6.07) is 0. The summed E-state index contributed by atoms with van der Waals surface area (Å²) in [6.07, 6.45) is 5.03. The number of nitrogens with one attached hydrogen (secondary N) is 1. The minimum Gasteiger partial charge on any atom is -0.355 e. The van der Waals surface area contributed by atoms with Crippen LogP contribution in [0.15, 0.2) is 4.79 Å². The fourth-order valence-electron chi connectivity index (χ4n) is 3.64. The molecule has 3 rings (SSSR count). The van der Waals surface area contributed by atoms with Gasteiger partial charge in [-0.2, -0.15) is 0 Å². The van der Waals surface area contributed by atoms with Gasteiger partial charge in [0.1, 0.15) is 17.2 Å². The molecule has 1 N–H and O–H groups in total. The van der Waals surface area contributed by atoms with Gasteiger partial charge in [-0.25, -0.2) is 4.98 Å². The molecule has 0 aliphatic heterocycles. The van der Waals surface area contributed by atoms with Gasteiger partial charge in [0, 0.05) is 11.4 Å². The quantitative estimate of drug-likeness (QED) is 0.738. The number of nitrogens with zero attached hydrogens (tertiary/aromatic N) is 3. The lowest BCUT2D eigenvalue weighted by Crippen LogP contribution is -2.36. The minimum atomic E-state index is -0.121. The molecule has 1 aliphatic carbocycles. The molecule has 27 heavy (non-hydrogen) atoms. The number of hydrogen-bond donors (Lipinski definition) is 1. The smallest absolute Gasteiger partial charge is 0.263 e. The van der Waals surface area contributed by atoms with Gasteiger partial charge in [-0.15, -0.1) is 11.3 Å². The Morgan fingerprint density at radius 3 is 2.89 bits per heavy atom. The van der Waals surface area contributed by atoms with E-state index in [1.165, 1.54) is 10.4 Å². The highest BCUT2D eigenvalue weighted by Gasteiger charge is 2.25. The molecule has 7 heteroatoms. The maximum atomic E-state index is 13.3. The van der Waals surface area contributed by atoms with Crippen LogP contribution in [0.1, 0.15) is 49.4 Å². The second-order valence-electron chi connectivity index (χ2n) is 7.89.